The van der Waals surface area contributed by atoms with Gasteiger partial charge in [0.1, 0.15) is 13.2 Å². The SMILES string of the molecule is CC/C=C\C/C=C\C/C=C\C/C=C\C/C=C\CCCCCC(=O)OC(COC(=O)CCCCCCCCC/C=C\CCCCCCCCC)COC(=O)CCCCCCCCCCCC/C=C\C/C=C\C/C=C\CCCCCCC. The quantitative estimate of drug-likeness (QED) is 0.0261. The van der Waals surface area contributed by atoms with E-state index in [1.54, 1.807) is 0 Å². The van der Waals surface area contributed by atoms with Crippen LogP contribution in [0.5, 0.6) is 0 Å². The summed E-state index contributed by atoms with van der Waals surface area (Å²) in [6.45, 7) is 6.51. The molecule has 80 heavy (non-hydrogen) atoms. The molecule has 0 saturated carbocycles. The molecule has 0 aliphatic rings. The van der Waals surface area contributed by atoms with Crippen LogP contribution in [-0.4, -0.2) is 37.2 Å². The summed E-state index contributed by atoms with van der Waals surface area (Å²) in [5, 5.41) is 0. The molecule has 0 aliphatic heterocycles. The predicted octanol–water partition coefficient (Wildman–Crippen LogP) is 23.4. The Morgan fingerprint density at radius 2 is 0.487 bits per heavy atom. The first-order valence-corrected chi connectivity index (χ1v) is 33.9. The molecule has 0 spiro atoms. The van der Waals surface area contributed by atoms with Gasteiger partial charge < -0.3 is 14.2 Å². The summed E-state index contributed by atoms with van der Waals surface area (Å²) < 4.78 is 16.9. The molecule has 6 nitrogen and oxygen atoms in total. The topological polar surface area (TPSA) is 78.9 Å². The van der Waals surface area contributed by atoms with Crippen LogP contribution in [0.4, 0.5) is 0 Å². The van der Waals surface area contributed by atoms with Crippen LogP contribution in [-0.2, 0) is 28.6 Å². The third-order valence-electron chi connectivity index (χ3n) is 14.5. The second-order valence-electron chi connectivity index (χ2n) is 22.3. The zero-order valence-corrected chi connectivity index (χ0v) is 52.6. The number of unbranched alkanes of at least 4 members (excludes halogenated alkanes) is 32. The maximum absolute atomic E-state index is 12.9. The van der Waals surface area contributed by atoms with Gasteiger partial charge in [0.25, 0.3) is 0 Å². The molecule has 0 amide bonds. The highest BCUT2D eigenvalue weighted by molar-refractivity contribution is 5.71. The summed E-state index contributed by atoms with van der Waals surface area (Å²) in [6.07, 6.45) is 92.4. The van der Waals surface area contributed by atoms with Gasteiger partial charge in [0.2, 0.25) is 0 Å². The number of carbonyl (C=O) groups is 3. The summed E-state index contributed by atoms with van der Waals surface area (Å²) in [5.41, 5.74) is 0. The van der Waals surface area contributed by atoms with Gasteiger partial charge >= 0.3 is 17.9 Å². The standard InChI is InChI=1S/C74H126O6/c1-4-7-10-13-16-19-22-25-28-31-34-35-36-37-38-39-41-43-46-49-52-55-58-61-64-67-73(76)79-70-71(69-78-72(75)66-63-60-57-54-51-48-45-42-33-30-27-24-21-18-15-12-9-6-3)80-74(77)68-65-62-59-56-53-50-47-44-40-32-29-26-23-20-17-14-11-8-5-2/h8,11,17,20,22,25-26,29-31,33-34,36-37,40,44,50,53,71H,4-7,9-10,12-16,18-19,21,23-24,27-28,32,35,38-39,41-43,45-49,51-52,54-70H2,1-3H3/b11-8-,20-17-,25-22-,29-26-,33-30-,34-31-,37-36-,44-40-,53-50-. The first kappa shape index (κ1) is 76.1. The van der Waals surface area contributed by atoms with Crippen molar-refractivity contribution in [3.05, 3.63) is 109 Å². The van der Waals surface area contributed by atoms with Crippen LogP contribution >= 0.6 is 0 Å². The van der Waals surface area contributed by atoms with E-state index in [9.17, 15) is 14.4 Å². The lowest BCUT2D eigenvalue weighted by molar-refractivity contribution is -0.167. The minimum Gasteiger partial charge on any atom is -0.462 e. The van der Waals surface area contributed by atoms with Crippen LogP contribution in [0.2, 0.25) is 0 Å². The number of rotatable bonds is 61. The molecule has 0 bridgehead atoms. The van der Waals surface area contributed by atoms with Crippen molar-refractivity contribution in [3.63, 3.8) is 0 Å². The average Bonchev–Trinajstić information content (AvgIpc) is 3.46. The van der Waals surface area contributed by atoms with Crippen LogP contribution in [0.3, 0.4) is 0 Å². The van der Waals surface area contributed by atoms with Gasteiger partial charge in [0.15, 0.2) is 6.10 Å². The highest BCUT2D eigenvalue weighted by atomic mass is 16.6. The number of hydrogen-bond acceptors (Lipinski definition) is 6. The molecule has 1 atom stereocenters. The summed E-state index contributed by atoms with van der Waals surface area (Å²) in [4.78, 5) is 38.4. The Kier molecular flexibility index (Phi) is 64.3. The van der Waals surface area contributed by atoms with Crippen LogP contribution < -0.4 is 0 Å². The van der Waals surface area contributed by atoms with Crippen LogP contribution in [0.15, 0.2) is 109 Å². The minimum atomic E-state index is -0.803. The normalized spacial score (nSPS) is 12.8. The van der Waals surface area contributed by atoms with Gasteiger partial charge in [-0.25, -0.2) is 0 Å². The number of hydrogen-bond donors (Lipinski definition) is 0. The summed E-state index contributed by atoms with van der Waals surface area (Å²) in [7, 11) is 0. The molecule has 0 aliphatic carbocycles. The van der Waals surface area contributed by atoms with E-state index in [0.717, 1.165) is 109 Å². The smallest absolute Gasteiger partial charge is 0.306 e. The Morgan fingerprint density at radius 3 is 0.787 bits per heavy atom. The summed E-state index contributed by atoms with van der Waals surface area (Å²) in [5.74, 6) is -0.925. The highest BCUT2D eigenvalue weighted by Crippen LogP contribution is 2.16. The lowest BCUT2D eigenvalue weighted by Crippen LogP contribution is -2.30. The van der Waals surface area contributed by atoms with Crippen molar-refractivity contribution in [3.8, 4) is 0 Å². The molecule has 0 aromatic carbocycles. The van der Waals surface area contributed by atoms with Gasteiger partial charge in [-0.1, -0.05) is 284 Å². The second-order valence-corrected chi connectivity index (χ2v) is 22.3. The first-order valence-electron chi connectivity index (χ1n) is 33.9. The molecule has 0 rings (SSSR count). The Bertz CT molecular complexity index is 1610. The Labute approximate surface area is 495 Å². The van der Waals surface area contributed by atoms with E-state index in [-0.39, 0.29) is 37.5 Å². The second kappa shape index (κ2) is 67.6. The Hall–Kier alpha value is -3.93. The molecule has 0 heterocycles. The van der Waals surface area contributed by atoms with Gasteiger partial charge in [-0.05, 0) is 128 Å². The molecule has 458 valence electrons. The molecule has 0 radical (unpaired) electrons. The minimum absolute atomic E-state index is 0.0951. The van der Waals surface area contributed by atoms with Crippen molar-refractivity contribution in [1.29, 1.82) is 0 Å². The molecule has 0 aromatic rings. The molecular formula is C74H126O6. The number of esters is 3. The van der Waals surface area contributed by atoms with E-state index in [1.165, 1.54) is 173 Å². The van der Waals surface area contributed by atoms with Gasteiger partial charge in [0, 0.05) is 19.3 Å². The van der Waals surface area contributed by atoms with E-state index in [0.29, 0.717) is 12.8 Å². The van der Waals surface area contributed by atoms with Gasteiger partial charge in [0.05, 0.1) is 0 Å². The number of carbonyl (C=O) groups excluding carboxylic acids is 3. The van der Waals surface area contributed by atoms with Crippen LogP contribution in [0, 0.1) is 0 Å². The molecule has 0 aromatic heterocycles. The number of allylic oxidation sites excluding steroid dienone is 18. The Morgan fingerprint density at radius 1 is 0.263 bits per heavy atom. The summed E-state index contributed by atoms with van der Waals surface area (Å²) >= 11 is 0. The zero-order valence-electron chi connectivity index (χ0n) is 52.6. The maximum Gasteiger partial charge on any atom is 0.306 e. The fourth-order valence-electron chi connectivity index (χ4n) is 9.41. The highest BCUT2D eigenvalue weighted by Gasteiger charge is 2.19. The molecule has 0 N–H and O–H groups in total. The van der Waals surface area contributed by atoms with E-state index in [4.69, 9.17) is 14.2 Å². The predicted molar refractivity (Wildman–Crippen MR) is 348 cm³/mol. The van der Waals surface area contributed by atoms with Crippen LogP contribution in [0.25, 0.3) is 0 Å². The van der Waals surface area contributed by atoms with Crippen molar-refractivity contribution < 1.29 is 28.6 Å². The van der Waals surface area contributed by atoms with Crippen molar-refractivity contribution in [2.45, 2.75) is 329 Å². The average molecular weight is 1110 g/mol. The van der Waals surface area contributed by atoms with E-state index >= 15 is 0 Å². The fourth-order valence-corrected chi connectivity index (χ4v) is 9.41. The van der Waals surface area contributed by atoms with Crippen molar-refractivity contribution >= 4 is 17.9 Å². The molecular weight excluding hydrogens is 985 g/mol. The molecule has 0 fully saturated rings. The lowest BCUT2D eigenvalue weighted by atomic mass is 10.1. The van der Waals surface area contributed by atoms with Gasteiger partial charge in [-0.3, -0.25) is 14.4 Å². The molecule has 0 saturated heterocycles. The largest absolute Gasteiger partial charge is 0.462 e. The molecule has 1 unspecified atom stereocenters. The monoisotopic (exact) mass is 1110 g/mol. The Balaban J connectivity index is 4.42. The van der Waals surface area contributed by atoms with Gasteiger partial charge in [-0.15, -0.1) is 0 Å². The van der Waals surface area contributed by atoms with E-state index in [2.05, 4.69) is 130 Å². The third kappa shape index (κ3) is 64.9. The van der Waals surface area contributed by atoms with E-state index < -0.39 is 6.10 Å². The fraction of sp³-hybridized carbons (Fsp3) is 0.716. The van der Waals surface area contributed by atoms with Gasteiger partial charge in [-0.2, -0.15) is 0 Å². The van der Waals surface area contributed by atoms with E-state index in [1.807, 2.05) is 0 Å². The first-order chi connectivity index (χ1) is 39.5. The zero-order chi connectivity index (χ0) is 57.8. The van der Waals surface area contributed by atoms with Crippen molar-refractivity contribution in [2.24, 2.45) is 0 Å². The number of ether oxygens (including phenoxy) is 3. The van der Waals surface area contributed by atoms with Crippen molar-refractivity contribution in [1.82, 2.24) is 0 Å². The maximum atomic E-state index is 12.9. The third-order valence-corrected chi connectivity index (χ3v) is 14.5. The lowest BCUT2D eigenvalue weighted by Gasteiger charge is -2.18. The van der Waals surface area contributed by atoms with Crippen molar-refractivity contribution in [2.75, 3.05) is 13.2 Å². The summed E-state index contributed by atoms with van der Waals surface area (Å²) in [6, 6.07) is 0. The molecule has 6 heteroatoms. The van der Waals surface area contributed by atoms with Crippen LogP contribution in [0.1, 0.15) is 323 Å².